The quantitative estimate of drug-likeness (QED) is 0.401. The van der Waals surface area contributed by atoms with E-state index in [0.29, 0.717) is 11.4 Å². The van der Waals surface area contributed by atoms with Crippen LogP contribution in [0.4, 0.5) is 0 Å². The van der Waals surface area contributed by atoms with Crippen molar-refractivity contribution in [1.82, 2.24) is 8.87 Å². The molecule has 0 radical (unpaired) electrons. The summed E-state index contributed by atoms with van der Waals surface area (Å²) in [6, 6.07) is 17.5. The van der Waals surface area contributed by atoms with E-state index < -0.39 is 10.0 Å². The molecule has 6 heteroatoms. The van der Waals surface area contributed by atoms with Gasteiger partial charge in [-0.15, -0.1) is 0 Å². The molecule has 0 saturated carbocycles. The van der Waals surface area contributed by atoms with Crippen molar-refractivity contribution in [2.45, 2.75) is 31.1 Å². The van der Waals surface area contributed by atoms with E-state index in [1.807, 2.05) is 31.2 Å². The third-order valence-electron chi connectivity index (χ3n) is 5.07. The number of hydrogen-bond donors (Lipinski definition) is 0. The van der Waals surface area contributed by atoms with Gasteiger partial charge in [0.05, 0.1) is 4.90 Å². The summed E-state index contributed by atoms with van der Waals surface area (Å²) in [7, 11) is 0.0505. The number of hydrogen-bond acceptors (Lipinski definition) is 3. The van der Waals surface area contributed by atoms with E-state index in [9.17, 15) is 8.42 Å². The first-order valence-corrected chi connectivity index (χ1v) is 11.0. The molecule has 0 aliphatic carbocycles. The third-order valence-corrected chi connectivity index (χ3v) is 6.91. The minimum absolute atomic E-state index is 0.0598. The lowest BCUT2D eigenvalue weighted by Crippen LogP contribution is -2.33. The van der Waals surface area contributed by atoms with Gasteiger partial charge in [0.25, 0.3) is 0 Å². The molecular weight excluding hydrogens is 372 g/mol. The summed E-state index contributed by atoms with van der Waals surface area (Å²) in [6.45, 7) is 2.44. The first-order valence-electron chi connectivity index (χ1n) is 9.52. The zero-order valence-electron chi connectivity index (χ0n) is 16.8. The lowest BCUT2D eigenvalue weighted by molar-refractivity contribution is 0.116. The molecule has 0 spiro atoms. The summed E-state index contributed by atoms with van der Waals surface area (Å²) in [5, 5.41) is 1.24. The van der Waals surface area contributed by atoms with Crippen LogP contribution in [-0.4, -0.2) is 37.7 Å². The number of para-hydroxylation sites is 1. The first kappa shape index (κ1) is 20.6. The number of rotatable bonds is 9. The van der Waals surface area contributed by atoms with Gasteiger partial charge >= 0.3 is 0 Å². The number of unbranched alkanes of at least 4 members (excludes halogenated alkanes) is 1. The van der Waals surface area contributed by atoms with Gasteiger partial charge in [-0.2, -0.15) is 4.31 Å². The first-order chi connectivity index (χ1) is 13.4. The largest absolute Gasteiger partial charge is 0.368 e. The predicted octanol–water partition coefficient (Wildman–Crippen LogP) is 4.10. The smallest absolute Gasteiger partial charge is 0.245 e. The summed E-state index contributed by atoms with van der Waals surface area (Å²) in [6.07, 6.45) is 2.60. The molecule has 3 rings (SSSR count). The fourth-order valence-electron chi connectivity index (χ4n) is 3.44. The van der Waals surface area contributed by atoms with Gasteiger partial charge in [-0.1, -0.05) is 35.9 Å². The zero-order chi connectivity index (χ0) is 20.1. The molecule has 5 nitrogen and oxygen atoms in total. The van der Waals surface area contributed by atoms with Crippen LogP contribution in [-0.2, 0) is 28.2 Å². The van der Waals surface area contributed by atoms with Gasteiger partial charge in [0.15, 0.2) is 0 Å². The van der Waals surface area contributed by atoms with Crippen molar-refractivity contribution in [3.63, 3.8) is 0 Å². The van der Waals surface area contributed by atoms with Gasteiger partial charge in [-0.25, -0.2) is 8.42 Å². The average Bonchev–Trinajstić information content (AvgIpc) is 3.00. The Morgan fingerprint density at radius 3 is 2.43 bits per heavy atom. The minimum Gasteiger partial charge on any atom is -0.368 e. The molecular formula is C22H28N2O3S. The Labute approximate surface area is 167 Å². The summed E-state index contributed by atoms with van der Waals surface area (Å²) in [5.74, 6) is 0. The summed E-state index contributed by atoms with van der Waals surface area (Å²) >= 11 is 0. The SMILES string of the molecule is COCN(CCCCc1cc2ccccc2n1C)S(=O)(=O)c1ccc(C)cc1. The Hall–Kier alpha value is -2.15. The zero-order valence-corrected chi connectivity index (χ0v) is 17.6. The van der Waals surface area contributed by atoms with Gasteiger partial charge in [-0.05, 0) is 55.8 Å². The van der Waals surface area contributed by atoms with Crippen molar-refractivity contribution in [3.8, 4) is 0 Å². The van der Waals surface area contributed by atoms with Crippen LogP contribution in [0, 0.1) is 6.92 Å². The number of fused-ring (bicyclic) bond motifs is 1. The van der Waals surface area contributed by atoms with Crippen LogP contribution in [0.25, 0.3) is 10.9 Å². The van der Waals surface area contributed by atoms with E-state index in [-0.39, 0.29) is 6.73 Å². The Morgan fingerprint density at radius 1 is 1.04 bits per heavy atom. The van der Waals surface area contributed by atoms with Crippen LogP contribution in [0.2, 0.25) is 0 Å². The molecule has 0 unspecified atom stereocenters. The van der Waals surface area contributed by atoms with Gasteiger partial charge in [0.2, 0.25) is 10.0 Å². The summed E-state index contributed by atoms with van der Waals surface area (Å²) < 4.78 is 34.6. The van der Waals surface area contributed by atoms with Gasteiger partial charge < -0.3 is 9.30 Å². The molecule has 1 heterocycles. The maximum absolute atomic E-state index is 12.9. The lowest BCUT2D eigenvalue weighted by atomic mass is 10.2. The summed E-state index contributed by atoms with van der Waals surface area (Å²) in [4.78, 5) is 0.309. The second-order valence-corrected chi connectivity index (χ2v) is 9.06. The van der Waals surface area contributed by atoms with E-state index in [1.54, 1.807) is 12.1 Å². The molecule has 28 heavy (non-hydrogen) atoms. The Bertz CT molecular complexity index is 1020. The van der Waals surface area contributed by atoms with Crippen LogP contribution in [0.3, 0.4) is 0 Å². The predicted molar refractivity (Wildman–Crippen MR) is 113 cm³/mol. The van der Waals surface area contributed by atoms with Crippen LogP contribution in [0.5, 0.6) is 0 Å². The molecule has 1 aromatic heterocycles. The molecule has 0 atom stereocenters. The van der Waals surface area contributed by atoms with Crippen LogP contribution in [0.15, 0.2) is 59.5 Å². The number of aryl methyl sites for hydroxylation is 3. The van der Waals surface area contributed by atoms with E-state index >= 15 is 0 Å². The van der Waals surface area contributed by atoms with E-state index in [4.69, 9.17) is 4.74 Å². The van der Waals surface area contributed by atoms with Crippen molar-refractivity contribution in [2.24, 2.45) is 7.05 Å². The maximum Gasteiger partial charge on any atom is 0.245 e. The fraction of sp³-hybridized carbons (Fsp3) is 0.364. The van der Waals surface area contributed by atoms with E-state index in [2.05, 4.69) is 29.8 Å². The van der Waals surface area contributed by atoms with Crippen LogP contribution < -0.4 is 0 Å². The van der Waals surface area contributed by atoms with Crippen LogP contribution in [0.1, 0.15) is 24.1 Å². The highest BCUT2D eigenvalue weighted by Crippen LogP contribution is 2.21. The molecule has 150 valence electrons. The van der Waals surface area contributed by atoms with Crippen molar-refractivity contribution >= 4 is 20.9 Å². The topological polar surface area (TPSA) is 51.5 Å². The van der Waals surface area contributed by atoms with E-state index in [0.717, 1.165) is 24.8 Å². The maximum atomic E-state index is 12.9. The molecule has 0 N–H and O–H groups in total. The summed E-state index contributed by atoms with van der Waals surface area (Å²) in [5.41, 5.74) is 3.52. The number of sulfonamides is 1. The van der Waals surface area contributed by atoms with Crippen molar-refractivity contribution < 1.29 is 13.2 Å². The van der Waals surface area contributed by atoms with Crippen LogP contribution >= 0.6 is 0 Å². The third kappa shape index (κ3) is 4.46. The number of methoxy groups -OCH3 is 1. The molecule has 0 aliphatic heterocycles. The monoisotopic (exact) mass is 400 g/mol. The highest BCUT2D eigenvalue weighted by molar-refractivity contribution is 7.89. The Kier molecular flexibility index (Phi) is 6.54. The Balaban J connectivity index is 1.63. The van der Waals surface area contributed by atoms with Gasteiger partial charge in [-0.3, -0.25) is 0 Å². The molecule has 3 aromatic rings. The minimum atomic E-state index is -3.55. The van der Waals surface area contributed by atoms with Crippen molar-refractivity contribution in [2.75, 3.05) is 20.4 Å². The highest BCUT2D eigenvalue weighted by Gasteiger charge is 2.23. The molecule has 0 fully saturated rings. The van der Waals surface area contributed by atoms with Crippen molar-refractivity contribution in [1.29, 1.82) is 0 Å². The lowest BCUT2D eigenvalue weighted by Gasteiger charge is -2.21. The normalized spacial score (nSPS) is 12.1. The van der Waals surface area contributed by atoms with Gasteiger partial charge in [0, 0.05) is 31.9 Å². The van der Waals surface area contributed by atoms with Gasteiger partial charge in [0.1, 0.15) is 6.73 Å². The molecule has 0 amide bonds. The average molecular weight is 401 g/mol. The van der Waals surface area contributed by atoms with Crippen molar-refractivity contribution in [3.05, 3.63) is 65.9 Å². The molecule has 0 bridgehead atoms. The number of ether oxygens (including phenoxy) is 1. The van der Waals surface area contributed by atoms with E-state index in [1.165, 1.54) is 28.0 Å². The fourth-order valence-corrected chi connectivity index (χ4v) is 4.83. The standard InChI is InChI=1S/C22H28N2O3S/c1-18-11-13-21(14-12-18)28(25,26)24(17-27-3)15-7-6-9-20-16-19-8-4-5-10-22(19)23(20)2/h4-5,8,10-14,16H,6-7,9,15,17H2,1-3H3. The second kappa shape index (κ2) is 8.90. The number of aromatic nitrogens is 1. The second-order valence-electron chi connectivity index (χ2n) is 7.12. The highest BCUT2D eigenvalue weighted by atomic mass is 32.2. The Morgan fingerprint density at radius 2 is 1.75 bits per heavy atom. The molecule has 0 aliphatic rings. The molecule has 0 saturated heterocycles. The number of nitrogens with zero attached hydrogens (tertiary/aromatic N) is 2. The number of benzene rings is 2. The molecule has 2 aromatic carbocycles.